The molecule has 0 radical (unpaired) electrons. The predicted molar refractivity (Wildman–Crippen MR) is 114 cm³/mol. The van der Waals surface area contributed by atoms with Gasteiger partial charge in [-0.2, -0.15) is 0 Å². The smallest absolute Gasteiger partial charge is 0.149 e. The van der Waals surface area contributed by atoms with E-state index in [2.05, 4.69) is 33.3 Å². The number of morpholine rings is 2. The molecule has 5 rings (SSSR count). The summed E-state index contributed by atoms with van der Waals surface area (Å²) in [6.45, 7) is 6.32. The number of hydrogen-bond donors (Lipinski definition) is 1. The first-order valence-electron chi connectivity index (χ1n) is 9.36. The van der Waals surface area contributed by atoms with Crippen molar-refractivity contribution in [3.63, 3.8) is 0 Å². The zero-order chi connectivity index (χ0) is 18.2. The first kappa shape index (κ1) is 19.6. The maximum atomic E-state index is 14.8. The third-order valence-corrected chi connectivity index (χ3v) is 6.34. The number of nitrogens with one attached hydrogen (secondary N) is 1. The Hall–Kier alpha value is -1.67. The van der Waals surface area contributed by atoms with Gasteiger partial charge in [0.2, 0.25) is 0 Å². The minimum absolute atomic E-state index is 0. The van der Waals surface area contributed by atoms with E-state index in [-0.39, 0.29) is 18.2 Å². The number of rotatable bonds is 2. The lowest BCUT2D eigenvalue weighted by atomic mass is 10.2. The Morgan fingerprint density at radius 3 is 2.11 bits per heavy atom. The molecule has 2 fully saturated rings. The van der Waals surface area contributed by atoms with Crippen molar-refractivity contribution in [3.8, 4) is 0 Å². The molecule has 0 aliphatic carbocycles. The average Bonchev–Trinajstić information content (AvgIpc) is 2.73. The summed E-state index contributed by atoms with van der Waals surface area (Å²) in [4.78, 5) is 6.59. The first-order valence-corrected chi connectivity index (χ1v) is 10.2. The standard InChI is InChI=1S/C20H22FN3O2S.ClH/c21-16-11-15(24-5-9-26-10-6-24)13-19-20(16)22-17-2-1-14(12-18(17)27-19)23-3-7-25-8-4-23;/h1-2,11-13,22H,3-10H2;1H. The predicted octanol–water partition coefficient (Wildman–Crippen LogP) is 4.13. The van der Waals surface area contributed by atoms with Crippen LogP contribution < -0.4 is 15.1 Å². The molecular weight excluding hydrogens is 401 g/mol. The lowest BCUT2D eigenvalue weighted by Gasteiger charge is -2.32. The summed E-state index contributed by atoms with van der Waals surface area (Å²) in [6.07, 6.45) is 0. The quantitative estimate of drug-likeness (QED) is 0.668. The second-order valence-corrected chi connectivity index (χ2v) is 7.99. The van der Waals surface area contributed by atoms with Crippen LogP contribution in [0.25, 0.3) is 0 Å². The molecule has 28 heavy (non-hydrogen) atoms. The maximum Gasteiger partial charge on any atom is 0.149 e. The third kappa shape index (κ3) is 3.76. The van der Waals surface area contributed by atoms with Gasteiger partial charge in [-0.3, -0.25) is 0 Å². The minimum atomic E-state index is -0.204. The van der Waals surface area contributed by atoms with Crippen molar-refractivity contribution in [1.29, 1.82) is 0 Å². The van der Waals surface area contributed by atoms with E-state index in [4.69, 9.17) is 9.47 Å². The summed E-state index contributed by atoms with van der Waals surface area (Å²) in [5.74, 6) is -0.204. The van der Waals surface area contributed by atoms with Crippen molar-refractivity contribution in [2.24, 2.45) is 0 Å². The maximum absolute atomic E-state index is 14.8. The van der Waals surface area contributed by atoms with Gasteiger partial charge in [0.1, 0.15) is 5.82 Å². The normalized spacial score (nSPS) is 18.6. The molecule has 0 bridgehead atoms. The molecule has 0 amide bonds. The second kappa shape index (κ2) is 8.37. The molecule has 1 N–H and O–H groups in total. The van der Waals surface area contributed by atoms with Crippen LogP contribution in [0.5, 0.6) is 0 Å². The summed E-state index contributed by atoms with van der Waals surface area (Å²) >= 11 is 1.63. The van der Waals surface area contributed by atoms with Gasteiger partial charge in [-0.25, -0.2) is 4.39 Å². The Balaban J connectivity index is 0.00000192. The van der Waals surface area contributed by atoms with E-state index in [1.165, 1.54) is 5.69 Å². The summed E-state index contributed by atoms with van der Waals surface area (Å²) in [5, 5.41) is 3.29. The highest BCUT2D eigenvalue weighted by atomic mass is 35.5. The molecule has 2 aromatic rings. The number of nitrogens with zero attached hydrogens (tertiary/aromatic N) is 2. The highest BCUT2D eigenvalue weighted by Crippen LogP contribution is 2.47. The van der Waals surface area contributed by atoms with E-state index in [1.807, 2.05) is 6.07 Å². The molecule has 0 unspecified atom stereocenters. The lowest BCUT2D eigenvalue weighted by Crippen LogP contribution is -2.36. The molecule has 150 valence electrons. The number of fused-ring (bicyclic) bond motifs is 2. The molecular formula is C20H23ClFN3O2S. The Labute approximate surface area is 174 Å². The molecule has 0 spiro atoms. The fourth-order valence-corrected chi connectivity index (χ4v) is 4.82. The average molecular weight is 424 g/mol. The van der Waals surface area contributed by atoms with Crippen molar-refractivity contribution >= 4 is 46.9 Å². The number of hydrogen-bond acceptors (Lipinski definition) is 6. The molecule has 0 aromatic heterocycles. The van der Waals surface area contributed by atoms with Gasteiger partial charge in [-0.1, -0.05) is 11.8 Å². The van der Waals surface area contributed by atoms with E-state index in [0.717, 1.165) is 60.6 Å². The van der Waals surface area contributed by atoms with Crippen LogP contribution in [0.1, 0.15) is 0 Å². The van der Waals surface area contributed by atoms with E-state index in [9.17, 15) is 4.39 Å². The van der Waals surface area contributed by atoms with Gasteiger partial charge in [0.25, 0.3) is 0 Å². The first-order chi connectivity index (χ1) is 13.3. The molecule has 8 heteroatoms. The summed E-state index contributed by atoms with van der Waals surface area (Å²) in [7, 11) is 0. The Bertz CT molecular complexity index is 858. The van der Waals surface area contributed by atoms with Gasteiger partial charge in [0.15, 0.2) is 0 Å². The van der Waals surface area contributed by atoms with Crippen LogP contribution in [0, 0.1) is 5.82 Å². The van der Waals surface area contributed by atoms with Gasteiger partial charge in [-0.15, -0.1) is 12.4 Å². The van der Waals surface area contributed by atoms with Crippen LogP contribution in [-0.4, -0.2) is 52.6 Å². The molecule has 2 aromatic carbocycles. The zero-order valence-electron chi connectivity index (χ0n) is 15.4. The van der Waals surface area contributed by atoms with Crippen molar-refractivity contribution in [1.82, 2.24) is 0 Å². The van der Waals surface area contributed by atoms with Gasteiger partial charge in [0, 0.05) is 47.3 Å². The van der Waals surface area contributed by atoms with E-state index in [1.54, 1.807) is 17.8 Å². The minimum Gasteiger partial charge on any atom is -0.378 e. The largest absolute Gasteiger partial charge is 0.378 e. The second-order valence-electron chi connectivity index (χ2n) is 6.91. The van der Waals surface area contributed by atoms with Gasteiger partial charge < -0.3 is 24.6 Å². The summed E-state index contributed by atoms with van der Waals surface area (Å²) in [6, 6.07) is 10.1. The van der Waals surface area contributed by atoms with Crippen molar-refractivity contribution in [2.45, 2.75) is 9.79 Å². The summed E-state index contributed by atoms with van der Waals surface area (Å²) in [5.41, 5.74) is 3.66. The topological polar surface area (TPSA) is 37.0 Å². The molecule has 2 saturated heterocycles. The molecule has 0 atom stereocenters. The molecule has 5 nitrogen and oxygen atoms in total. The fraction of sp³-hybridized carbons (Fsp3) is 0.400. The number of benzene rings is 2. The summed E-state index contributed by atoms with van der Waals surface area (Å²) < 4.78 is 25.7. The van der Waals surface area contributed by atoms with E-state index >= 15 is 0 Å². The van der Waals surface area contributed by atoms with Gasteiger partial charge in [0.05, 0.1) is 37.8 Å². The Kier molecular flexibility index (Phi) is 5.87. The highest BCUT2D eigenvalue weighted by molar-refractivity contribution is 7.99. The van der Waals surface area contributed by atoms with Crippen LogP contribution in [-0.2, 0) is 9.47 Å². The Morgan fingerprint density at radius 1 is 0.821 bits per heavy atom. The lowest BCUT2D eigenvalue weighted by molar-refractivity contribution is 0.122. The van der Waals surface area contributed by atoms with Crippen LogP contribution in [0.3, 0.4) is 0 Å². The van der Waals surface area contributed by atoms with Gasteiger partial charge >= 0.3 is 0 Å². The van der Waals surface area contributed by atoms with E-state index in [0.29, 0.717) is 18.9 Å². The van der Waals surface area contributed by atoms with Crippen LogP contribution in [0.4, 0.5) is 27.1 Å². The van der Waals surface area contributed by atoms with Crippen LogP contribution >= 0.6 is 24.2 Å². The SMILES string of the molecule is Cl.Fc1cc(N2CCOCC2)cc2c1Nc1ccc(N3CCOCC3)cc1S2. The highest BCUT2D eigenvalue weighted by Gasteiger charge is 2.23. The zero-order valence-corrected chi connectivity index (χ0v) is 17.1. The Morgan fingerprint density at radius 2 is 1.43 bits per heavy atom. The van der Waals surface area contributed by atoms with Crippen molar-refractivity contribution in [3.05, 3.63) is 36.1 Å². The third-order valence-electron chi connectivity index (χ3n) is 5.24. The number of halogens is 2. The van der Waals surface area contributed by atoms with Crippen molar-refractivity contribution < 1.29 is 13.9 Å². The number of ether oxygens (including phenoxy) is 2. The van der Waals surface area contributed by atoms with Gasteiger partial charge in [-0.05, 0) is 30.3 Å². The molecule has 0 saturated carbocycles. The van der Waals surface area contributed by atoms with Crippen LogP contribution in [0.15, 0.2) is 40.1 Å². The molecule has 3 aliphatic heterocycles. The fourth-order valence-electron chi connectivity index (χ4n) is 3.74. The van der Waals surface area contributed by atoms with E-state index < -0.39 is 0 Å². The molecule has 3 heterocycles. The number of anilines is 4. The molecule has 3 aliphatic rings. The monoisotopic (exact) mass is 423 g/mol. The van der Waals surface area contributed by atoms with Crippen LogP contribution in [0.2, 0.25) is 0 Å². The van der Waals surface area contributed by atoms with Crippen molar-refractivity contribution in [2.75, 3.05) is 67.7 Å².